The van der Waals surface area contributed by atoms with E-state index in [1.165, 1.54) is 22.5 Å². The summed E-state index contributed by atoms with van der Waals surface area (Å²) in [5, 5.41) is 5.79. The normalized spacial score (nSPS) is 17.0. The molecule has 1 aromatic heterocycles. The van der Waals surface area contributed by atoms with Crippen LogP contribution in [-0.2, 0) is 24.2 Å². The molecule has 5 nitrogen and oxygen atoms in total. The third kappa shape index (κ3) is 5.75. The third-order valence-corrected chi connectivity index (χ3v) is 6.01. The van der Waals surface area contributed by atoms with Crippen molar-refractivity contribution in [2.75, 3.05) is 19.7 Å². The molecule has 1 fully saturated rings. The second-order valence-electron chi connectivity index (χ2n) is 7.71. The van der Waals surface area contributed by atoms with Crippen LogP contribution in [0.5, 0.6) is 0 Å². The zero-order chi connectivity index (χ0) is 20.8. The molecule has 1 aliphatic rings. The number of morpholine rings is 1. The molecule has 4 rings (SSSR count). The zero-order valence-corrected chi connectivity index (χ0v) is 18.0. The number of ether oxygens (including phenoxy) is 1. The Kier molecular flexibility index (Phi) is 6.89. The fourth-order valence-electron chi connectivity index (χ4n) is 3.67. The molecule has 1 saturated heterocycles. The minimum atomic E-state index is -0.127. The van der Waals surface area contributed by atoms with Crippen molar-refractivity contribution in [3.05, 3.63) is 87.4 Å². The van der Waals surface area contributed by atoms with Gasteiger partial charge in [-0.05, 0) is 23.6 Å². The lowest BCUT2D eigenvalue weighted by molar-refractivity contribution is -0.0212. The number of hydrogen-bond acceptors (Lipinski definition) is 5. The summed E-state index contributed by atoms with van der Waals surface area (Å²) in [5.74, 6) is -0.127. The van der Waals surface area contributed by atoms with Crippen LogP contribution in [0.3, 0.4) is 0 Å². The monoisotopic (exact) mass is 421 g/mol. The lowest BCUT2D eigenvalue weighted by Crippen LogP contribution is -2.40. The summed E-state index contributed by atoms with van der Waals surface area (Å²) in [6, 6.07) is 18.6. The fourth-order valence-corrected chi connectivity index (χ4v) is 4.48. The number of amides is 1. The highest BCUT2D eigenvalue weighted by atomic mass is 32.1. The Balaban J connectivity index is 1.30. The van der Waals surface area contributed by atoms with E-state index in [9.17, 15) is 4.79 Å². The van der Waals surface area contributed by atoms with Crippen LogP contribution in [0.1, 0.15) is 39.1 Å². The molecule has 1 unspecified atom stereocenters. The van der Waals surface area contributed by atoms with Crippen molar-refractivity contribution in [1.82, 2.24) is 15.2 Å². The highest BCUT2D eigenvalue weighted by Crippen LogP contribution is 2.15. The summed E-state index contributed by atoms with van der Waals surface area (Å²) in [4.78, 5) is 19.5. The first-order valence-corrected chi connectivity index (χ1v) is 11.2. The molecule has 0 saturated carbocycles. The lowest BCUT2D eigenvalue weighted by atomic mass is 10.1. The first kappa shape index (κ1) is 20.7. The molecule has 3 aromatic rings. The van der Waals surface area contributed by atoms with E-state index >= 15 is 0 Å². The summed E-state index contributed by atoms with van der Waals surface area (Å²) in [5.41, 5.74) is 4.05. The van der Waals surface area contributed by atoms with Crippen LogP contribution >= 0.6 is 11.3 Å². The number of nitrogens with zero attached hydrogens (tertiary/aromatic N) is 2. The number of benzene rings is 2. The van der Waals surface area contributed by atoms with E-state index in [1.54, 1.807) is 0 Å². The molecule has 0 bridgehead atoms. The van der Waals surface area contributed by atoms with Gasteiger partial charge in [-0.1, -0.05) is 54.6 Å². The predicted molar refractivity (Wildman–Crippen MR) is 120 cm³/mol. The van der Waals surface area contributed by atoms with Gasteiger partial charge in [0.05, 0.1) is 17.7 Å². The molecule has 30 heavy (non-hydrogen) atoms. The van der Waals surface area contributed by atoms with Crippen molar-refractivity contribution in [3.8, 4) is 0 Å². The molecule has 1 N–H and O–H groups in total. The zero-order valence-electron chi connectivity index (χ0n) is 17.2. The van der Waals surface area contributed by atoms with E-state index in [0.29, 0.717) is 12.2 Å². The van der Waals surface area contributed by atoms with Gasteiger partial charge in [-0.3, -0.25) is 9.69 Å². The second-order valence-corrected chi connectivity index (χ2v) is 8.65. The van der Waals surface area contributed by atoms with Crippen molar-refractivity contribution in [2.24, 2.45) is 0 Å². The summed E-state index contributed by atoms with van der Waals surface area (Å²) < 4.78 is 5.62. The van der Waals surface area contributed by atoms with E-state index in [0.717, 1.165) is 43.2 Å². The fraction of sp³-hybridized carbons (Fsp3) is 0.333. The van der Waals surface area contributed by atoms with Gasteiger partial charge in [0.2, 0.25) is 0 Å². The van der Waals surface area contributed by atoms with Gasteiger partial charge in [-0.15, -0.1) is 11.3 Å². The number of carbonyl (C=O) groups is 1. The highest BCUT2D eigenvalue weighted by Gasteiger charge is 2.17. The summed E-state index contributed by atoms with van der Waals surface area (Å²) in [6.45, 7) is 6.22. The average molecular weight is 422 g/mol. The van der Waals surface area contributed by atoms with Gasteiger partial charge in [0.1, 0.15) is 5.69 Å². The van der Waals surface area contributed by atoms with Crippen LogP contribution < -0.4 is 5.32 Å². The number of hydrogen-bond donors (Lipinski definition) is 1. The minimum Gasteiger partial charge on any atom is -0.376 e. The summed E-state index contributed by atoms with van der Waals surface area (Å²) >= 11 is 1.53. The molecular weight excluding hydrogens is 394 g/mol. The number of rotatable bonds is 7. The molecule has 0 radical (unpaired) electrons. The van der Waals surface area contributed by atoms with E-state index in [-0.39, 0.29) is 12.0 Å². The molecule has 6 heteroatoms. The minimum absolute atomic E-state index is 0.127. The Bertz CT molecular complexity index is 973. The molecule has 2 heterocycles. The van der Waals surface area contributed by atoms with E-state index in [4.69, 9.17) is 4.74 Å². The number of nitrogens with one attached hydrogen (secondary N) is 1. The van der Waals surface area contributed by atoms with Gasteiger partial charge in [-0.25, -0.2) is 4.98 Å². The Morgan fingerprint density at radius 1 is 1.17 bits per heavy atom. The third-order valence-electron chi connectivity index (χ3n) is 5.16. The van der Waals surface area contributed by atoms with Gasteiger partial charge in [0.15, 0.2) is 0 Å². The number of aromatic nitrogens is 1. The standard InChI is InChI=1S/C24H27N3O2S/c1-18-15-27(10-11-29-18)16-21-9-5-8-20(12-21)14-25-24(28)22-17-30-23(26-22)13-19-6-3-2-4-7-19/h2-9,12,17-18H,10-11,13-16H2,1H3,(H,25,28). The van der Waals surface area contributed by atoms with Crippen LogP contribution in [0.15, 0.2) is 60.0 Å². The maximum Gasteiger partial charge on any atom is 0.271 e. The van der Waals surface area contributed by atoms with E-state index < -0.39 is 0 Å². The second kappa shape index (κ2) is 9.98. The van der Waals surface area contributed by atoms with Crippen molar-refractivity contribution in [1.29, 1.82) is 0 Å². The topological polar surface area (TPSA) is 54.5 Å². The van der Waals surface area contributed by atoms with Crippen LogP contribution in [0.4, 0.5) is 0 Å². The smallest absolute Gasteiger partial charge is 0.271 e. The van der Waals surface area contributed by atoms with Gasteiger partial charge >= 0.3 is 0 Å². The molecule has 1 aliphatic heterocycles. The maximum atomic E-state index is 12.5. The molecule has 1 amide bonds. The molecule has 0 aliphatic carbocycles. The van der Waals surface area contributed by atoms with Crippen molar-refractivity contribution in [2.45, 2.75) is 32.5 Å². The van der Waals surface area contributed by atoms with Crippen molar-refractivity contribution < 1.29 is 9.53 Å². The first-order valence-electron chi connectivity index (χ1n) is 10.3. The average Bonchev–Trinajstić information content (AvgIpc) is 3.22. The van der Waals surface area contributed by atoms with Crippen molar-refractivity contribution >= 4 is 17.2 Å². The van der Waals surface area contributed by atoms with Crippen LogP contribution in [0.25, 0.3) is 0 Å². The van der Waals surface area contributed by atoms with Crippen LogP contribution in [0.2, 0.25) is 0 Å². The molecule has 156 valence electrons. The molecular formula is C24H27N3O2S. The maximum absolute atomic E-state index is 12.5. The van der Waals surface area contributed by atoms with Crippen molar-refractivity contribution in [3.63, 3.8) is 0 Å². The van der Waals surface area contributed by atoms with Gasteiger partial charge in [0.25, 0.3) is 5.91 Å². The van der Waals surface area contributed by atoms with Crippen LogP contribution in [-0.4, -0.2) is 41.6 Å². The van der Waals surface area contributed by atoms with E-state index in [1.807, 2.05) is 29.6 Å². The van der Waals surface area contributed by atoms with Crippen LogP contribution in [0, 0.1) is 0 Å². The largest absolute Gasteiger partial charge is 0.376 e. The van der Waals surface area contributed by atoms with Gasteiger partial charge in [0, 0.05) is 38.0 Å². The Morgan fingerprint density at radius 2 is 1.97 bits per heavy atom. The summed E-state index contributed by atoms with van der Waals surface area (Å²) in [6.07, 6.45) is 1.03. The molecule has 1 atom stereocenters. The Hall–Kier alpha value is -2.54. The Morgan fingerprint density at radius 3 is 2.80 bits per heavy atom. The first-order chi connectivity index (χ1) is 14.7. The SMILES string of the molecule is CC1CN(Cc2cccc(CNC(=O)c3csc(Cc4ccccc4)n3)c2)CCO1. The Labute approximate surface area is 181 Å². The molecule has 2 aromatic carbocycles. The lowest BCUT2D eigenvalue weighted by Gasteiger charge is -2.31. The predicted octanol–water partition coefficient (Wildman–Crippen LogP) is 3.88. The quantitative estimate of drug-likeness (QED) is 0.629. The van der Waals surface area contributed by atoms with E-state index in [2.05, 4.69) is 52.5 Å². The number of thiazole rings is 1. The number of carbonyl (C=O) groups excluding carboxylic acids is 1. The van der Waals surface area contributed by atoms with Gasteiger partial charge < -0.3 is 10.1 Å². The molecule has 0 spiro atoms. The highest BCUT2D eigenvalue weighted by molar-refractivity contribution is 7.09. The van der Waals surface area contributed by atoms with Gasteiger partial charge in [-0.2, -0.15) is 0 Å². The summed E-state index contributed by atoms with van der Waals surface area (Å²) in [7, 11) is 0.